The maximum atomic E-state index is 12.3. The maximum absolute atomic E-state index is 12.3. The lowest BCUT2D eigenvalue weighted by molar-refractivity contribution is -0.384. The van der Waals surface area contributed by atoms with Crippen molar-refractivity contribution < 1.29 is 9.72 Å². The molecule has 0 aliphatic carbocycles. The van der Waals surface area contributed by atoms with Gasteiger partial charge in [-0.05, 0) is 29.5 Å². The molecule has 24 heavy (non-hydrogen) atoms. The third-order valence-corrected chi connectivity index (χ3v) is 3.94. The summed E-state index contributed by atoms with van der Waals surface area (Å²) in [4.78, 5) is 22.6. The van der Waals surface area contributed by atoms with E-state index in [0.717, 1.165) is 5.56 Å². The molecule has 2 rings (SSSR count). The molecular weight excluding hydrogens is 304 g/mol. The molecule has 0 bridgehead atoms. The molecule has 0 fully saturated rings. The van der Waals surface area contributed by atoms with Crippen molar-refractivity contribution >= 4 is 11.6 Å². The standard InChI is InChI=1S/C19H22N2O3/c1-13(14-8-10-16(11-9-14)19(2,3)4)20-18(22)15-6-5-7-17(12-15)21(23)24/h5-13H,1-4H3,(H,20,22)/t13-/m1/s1. The van der Waals surface area contributed by atoms with Gasteiger partial charge in [-0.25, -0.2) is 0 Å². The average Bonchev–Trinajstić information content (AvgIpc) is 2.54. The Morgan fingerprint density at radius 2 is 1.75 bits per heavy atom. The van der Waals surface area contributed by atoms with Crippen LogP contribution in [-0.2, 0) is 5.41 Å². The van der Waals surface area contributed by atoms with Crippen LogP contribution in [0.5, 0.6) is 0 Å². The molecule has 1 amide bonds. The quantitative estimate of drug-likeness (QED) is 0.669. The highest BCUT2D eigenvalue weighted by atomic mass is 16.6. The molecule has 0 heterocycles. The Balaban J connectivity index is 2.11. The van der Waals surface area contributed by atoms with E-state index in [4.69, 9.17) is 0 Å². The monoisotopic (exact) mass is 326 g/mol. The van der Waals surface area contributed by atoms with Gasteiger partial charge in [0.15, 0.2) is 0 Å². The normalized spacial score (nSPS) is 12.5. The number of nitrogens with zero attached hydrogens (tertiary/aromatic N) is 1. The fourth-order valence-electron chi connectivity index (χ4n) is 2.40. The maximum Gasteiger partial charge on any atom is 0.270 e. The van der Waals surface area contributed by atoms with Crippen molar-refractivity contribution in [2.75, 3.05) is 0 Å². The number of rotatable bonds is 4. The molecule has 0 spiro atoms. The number of benzene rings is 2. The van der Waals surface area contributed by atoms with Gasteiger partial charge < -0.3 is 5.32 Å². The first-order valence-electron chi connectivity index (χ1n) is 7.84. The Morgan fingerprint density at radius 1 is 1.12 bits per heavy atom. The SMILES string of the molecule is C[C@@H](NC(=O)c1cccc([N+](=O)[O-])c1)c1ccc(C(C)(C)C)cc1. The largest absolute Gasteiger partial charge is 0.346 e. The lowest BCUT2D eigenvalue weighted by atomic mass is 9.86. The fraction of sp³-hybridized carbons (Fsp3) is 0.316. The van der Waals surface area contributed by atoms with Crippen LogP contribution >= 0.6 is 0 Å². The van der Waals surface area contributed by atoms with Crippen LogP contribution in [0.4, 0.5) is 5.69 Å². The van der Waals surface area contributed by atoms with Gasteiger partial charge in [-0.15, -0.1) is 0 Å². The molecule has 0 saturated heterocycles. The van der Waals surface area contributed by atoms with Crippen LogP contribution in [0.15, 0.2) is 48.5 Å². The van der Waals surface area contributed by atoms with Gasteiger partial charge >= 0.3 is 0 Å². The van der Waals surface area contributed by atoms with Crippen LogP contribution in [0.1, 0.15) is 55.2 Å². The zero-order chi connectivity index (χ0) is 17.9. The minimum Gasteiger partial charge on any atom is -0.346 e. The molecule has 5 heteroatoms. The molecule has 5 nitrogen and oxygen atoms in total. The molecule has 2 aromatic rings. The Bertz CT molecular complexity index is 746. The summed E-state index contributed by atoms with van der Waals surface area (Å²) in [6, 6.07) is 13.7. The van der Waals surface area contributed by atoms with Crippen molar-refractivity contribution in [1.82, 2.24) is 5.32 Å². The second-order valence-corrected chi connectivity index (χ2v) is 6.87. The highest BCUT2D eigenvalue weighted by Gasteiger charge is 2.16. The van der Waals surface area contributed by atoms with Crippen LogP contribution < -0.4 is 5.32 Å². The van der Waals surface area contributed by atoms with Gasteiger partial charge in [0.05, 0.1) is 11.0 Å². The van der Waals surface area contributed by atoms with Crippen LogP contribution in [0.25, 0.3) is 0 Å². The average molecular weight is 326 g/mol. The van der Waals surface area contributed by atoms with Gasteiger partial charge in [0.2, 0.25) is 0 Å². The van der Waals surface area contributed by atoms with E-state index in [-0.39, 0.29) is 28.6 Å². The molecule has 0 aliphatic rings. The second-order valence-electron chi connectivity index (χ2n) is 6.87. The molecule has 1 N–H and O–H groups in total. The summed E-state index contributed by atoms with van der Waals surface area (Å²) in [7, 11) is 0. The molecule has 0 unspecified atom stereocenters. The summed E-state index contributed by atoms with van der Waals surface area (Å²) >= 11 is 0. The van der Waals surface area contributed by atoms with Crippen LogP contribution in [0.3, 0.4) is 0 Å². The van der Waals surface area contributed by atoms with Crippen molar-refractivity contribution in [1.29, 1.82) is 0 Å². The Kier molecular flexibility index (Phi) is 5.02. The number of carbonyl (C=O) groups excluding carboxylic acids is 1. The Labute approximate surface area is 141 Å². The minimum atomic E-state index is -0.509. The van der Waals surface area contributed by atoms with Crippen molar-refractivity contribution in [2.45, 2.75) is 39.2 Å². The third-order valence-electron chi connectivity index (χ3n) is 3.94. The first kappa shape index (κ1) is 17.7. The van der Waals surface area contributed by atoms with E-state index < -0.39 is 4.92 Å². The van der Waals surface area contributed by atoms with Gasteiger partial charge in [-0.1, -0.05) is 51.1 Å². The first-order valence-corrected chi connectivity index (χ1v) is 7.84. The third kappa shape index (κ3) is 4.19. The van der Waals surface area contributed by atoms with Crippen LogP contribution in [0.2, 0.25) is 0 Å². The molecule has 0 aromatic heterocycles. The predicted molar refractivity (Wildman–Crippen MR) is 94.1 cm³/mol. The number of hydrogen-bond donors (Lipinski definition) is 1. The topological polar surface area (TPSA) is 72.2 Å². The molecule has 0 saturated carbocycles. The van der Waals surface area contributed by atoms with E-state index in [2.05, 4.69) is 38.2 Å². The summed E-state index contributed by atoms with van der Waals surface area (Å²) in [5.41, 5.74) is 2.48. The zero-order valence-corrected chi connectivity index (χ0v) is 14.4. The second kappa shape index (κ2) is 6.83. The highest BCUT2D eigenvalue weighted by Crippen LogP contribution is 2.24. The number of nitro benzene ring substituents is 1. The summed E-state index contributed by atoms with van der Waals surface area (Å²) in [6.45, 7) is 8.34. The fourth-order valence-corrected chi connectivity index (χ4v) is 2.40. The van der Waals surface area contributed by atoms with Crippen molar-refractivity contribution in [3.05, 3.63) is 75.3 Å². The van der Waals surface area contributed by atoms with Gasteiger partial charge in [-0.2, -0.15) is 0 Å². The van der Waals surface area contributed by atoms with E-state index in [0.29, 0.717) is 0 Å². The van der Waals surface area contributed by atoms with E-state index in [1.807, 2.05) is 19.1 Å². The zero-order valence-electron chi connectivity index (χ0n) is 14.4. The first-order chi connectivity index (χ1) is 11.2. The number of non-ortho nitro benzene ring substituents is 1. The molecule has 0 radical (unpaired) electrons. The van der Waals surface area contributed by atoms with E-state index >= 15 is 0 Å². The molecule has 2 aromatic carbocycles. The molecule has 1 atom stereocenters. The van der Waals surface area contributed by atoms with Crippen LogP contribution in [0, 0.1) is 10.1 Å². The number of carbonyl (C=O) groups is 1. The van der Waals surface area contributed by atoms with Gasteiger partial charge in [0.25, 0.3) is 11.6 Å². The summed E-state index contributed by atoms with van der Waals surface area (Å²) < 4.78 is 0. The lowest BCUT2D eigenvalue weighted by Crippen LogP contribution is -2.26. The smallest absolute Gasteiger partial charge is 0.270 e. The van der Waals surface area contributed by atoms with Gasteiger partial charge in [0, 0.05) is 17.7 Å². The van der Waals surface area contributed by atoms with E-state index in [1.165, 1.54) is 23.8 Å². The summed E-state index contributed by atoms with van der Waals surface area (Å²) in [6.07, 6.45) is 0. The minimum absolute atomic E-state index is 0.0774. The van der Waals surface area contributed by atoms with Crippen molar-refractivity contribution in [2.24, 2.45) is 0 Å². The van der Waals surface area contributed by atoms with Gasteiger partial charge in [0.1, 0.15) is 0 Å². The highest BCUT2D eigenvalue weighted by molar-refractivity contribution is 5.95. The van der Waals surface area contributed by atoms with Crippen molar-refractivity contribution in [3.63, 3.8) is 0 Å². The van der Waals surface area contributed by atoms with E-state index in [1.54, 1.807) is 6.07 Å². The number of hydrogen-bond acceptors (Lipinski definition) is 3. The predicted octanol–water partition coefficient (Wildman–Crippen LogP) is 4.38. The molecular formula is C19H22N2O3. The Morgan fingerprint density at radius 3 is 2.29 bits per heavy atom. The Hall–Kier alpha value is -2.69. The van der Waals surface area contributed by atoms with Crippen LogP contribution in [-0.4, -0.2) is 10.8 Å². The van der Waals surface area contributed by atoms with Crippen molar-refractivity contribution in [3.8, 4) is 0 Å². The molecule has 126 valence electrons. The van der Waals surface area contributed by atoms with E-state index in [9.17, 15) is 14.9 Å². The summed E-state index contributed by atoms with van der Waals surface area (Å²) in [5.74, 6) is -0.328. The summed E-state index contributed by atoms with van der Waals surface area (Å²) in [5, 5.41) is 13.7. The number of nitrogens with one attached hydrogen (secondary N) is 1. The number of amides is 1. The number of nitro groups is 1. The molecule has 0 aliphatic heterocycles. The lowest BCUT2D eigenvalue weighted by Gasteiger charge is -2.20. The van der Waals surface area contributed by atoms with Gasteiger partial charge in [-0.3, -0.25) is 14.9 Å².